The minimum Gasteiger partial charge on any atom is -0.496 e. The fraction of sp³-hybridized carbons (Fsp3) is 0.423. The lowest BCUT2D eigenvalue weighted by Gasteiger charge is -2.24. The molecule has 0 radical (unpaired) electrons. The molecule has 39 heavy (non-hydrogen) atoms. The largest absolute Gasteiger partial charge is 0.496 e. The van der Waals surface area contributed by atoms with Gasteiger partial charge in [0.25, 0.3) is 5.91 Å². The average Bonchev–Trinajstić information content (AvgIpc) is 3.44. The zero-order valence-corrected chi connectivity index (χ0v) is 22.1. The summed E-state index contributed by atoms with van der Waals surface area (Å²) in [7, 11) is 3.21. The van der Waals surface area contributed by atoms with Gasteiger partial charge in [0.15, 0.2) is 0 Å². The minimum atomic E-state index is -4.52. The number of hydrogen-bond donors (Lipinski definition) is 2. The van der Waals surface area contributed by atoms with Crippen LogP contribution in [-0.4, -0.2) is 55.9 Å². The predicted octanol–water partition coefficient (Wildman–Crippen LogP) is 3.65. The van der Waals surface area contributed by atoms with Crippen LogP contribution in [0, 0.1) is 0 Å². The first kappa shape index (κ1) is 27.9. The number of methoxy groups -OCH3 is 1. The Morgan fingerprint density at radius 1 is 1.23 bits per heavy atom. The molecule has 0 aliphatic carbocycles. The second-order valence-corrected chi connectivity index (χ2v) is 9.76. The Bertz CT molecular complexity index is 1440. The number of alkyl halides is 3. The number of hydrogen-bond acceptors (Lipinski definition) is 6. The maximum atomic E-state index is 13.4. The number of aryl methyl sites for hydroxylation is 2. The molecular formula is C26H30F3N7O3. The highest BCUT2D eigenvalue weighted by atomic mass is 19.4. The molecule has 0 spiro atoms. The highest BCUT2D eigenvalue weighted by Crippen LogP contribution is 2.41. The Morgan fingerprint density at radius 3 is 2.56 bits per heavy atom. The summed E-state index contributed by atoms with van der Waals surface area (Å²) in [6, 6.07) is 4.18. The summed E-state index contributed by atoms with van der Waals surface area (Å²) >= 11 is 0. The van der Waals surface area contributed by atoms with Crippen molar-refractivity contribution in [3.63, 3.8) is 0 Å². The van der Waals surface area contributed by atoms with Crippen LogP contribution < -0.4 is 15.8 Å². The number of allylic oxidation sites excluding steroid dienone is 1. The van der Waals surface area contributed by atoms with Crippen LogP contribution in [0.3, 0.4) is 0 Å². The second kappa shape index (κ2) is 10.9. The topological polar surface area (TPSA) is 130 Å². The molecule has 2 aromatic heterocycles. The fourth-order valence-corrected chi connectivity index (χ4v) is 4.81. The lowest BCUT2D eigenvalue weighted by molar-refractivity contribution is -0.140. The molecule has 10 nitrogen and oxygen atoms in total. The Morgan fingerprint density at radius 2 is 1.97 bits per heavy atom. The highest BCUT2D eigenvalue weighted by Gasteiger charge is 2.34. The molecule has 0 saturated heterocycles. The number of amides is 2. The van der Waals surface area contributed by atoms with Gasteiger partial charge in [-0.2, -0.15) is 18.0 Å². The molecule has 0 bridgehead atoms. The van der Waals surface area contributed by atoms with Crippen molar-refractivity contribution >= 4 is 17.9 Å². The quantitative estimate of drug-likeness (QED) is 0.422. The molecule has 0 unspecified atom stereocenters. The standard InChI is InChI=1S/C26H30F3N7O3/c1-14(2)9-16-10-20(25(38)31-17(5-6-22(30)37)13-26(27,28)29)36-8-7-15-11-21(39-4)19(12-18(15)23(16)36)24-32-34-35(3)33-24/h9-12,17H,5-8,13H2,1-4H3,(H2,30,37)(H,31,38)/t17-/m0/s1. The van der Waals surface area contributed by atoms with E-state index < -0.39 is 30.5 Å². The Kier molecular flexibility index (Phi) is 7.79. The van der Waals surface area contributed by atoms with E-state index >= 15 is 0 Å². The molecule has 0 saturated carbocycles. The number of carbonyl (C=O) groups is 2. The SMILES string of the molecule is COc1cc2c(cc1-c1nnn(C)n1)-c1c(C=C(C)C)cc(C(=O)N[C@@H](CCC(N)=O)CC(F)(F)F)n1CC2. The van der Waals surface area contributed by atoms with Crippen LogP contribution in [0.15, 0.2) is 23.8 Å². The summed E-state index contributed by atoms with van der Waals surface area (Å²) in [6.07, 6.45) is -3.80. The van der Waals surface area contributed by atoms with Crippen molar-refractivity contribution in [3.8, 4) is 28.4 Å². The van der Waals surface area contributed by atoms with Gasteiger partial charge in [0.1, 0.15) is 11.4 Å². The third-order valence-corrected chi connectivity index (χ3v) is 6.39. The van der Waals surface area contributed by atoms with E-state index in [0.29, 0.717) is 30.1 Å². The fourth-order valence-electron chi connectivity index (χ4n) is 4.81. The molecule has 1 aliphatic rings. The Hall–Kier alpha value is -4.16. The molecule has 3 heterocycles. The van der Waals surface area contributed by atoms with Crippen molar-refractivity contribution in [3.05, 3.63) is 40.6 Å². The van der Waals surface area contributed by atoms with E-state index in [1.54, 1.807) is 20.2 Å². The monoisotopic (exact) mass is 545 g/mol. The molecule has 4 rings (SSSR count). The van der Waals surface area contributed by atoms with E-state index in [2.05, 4.69) is 20.7 Å². The van der Waals surface area contributed by atoms with Gasteiger partial charge >= 0.3 is 6.18 Å². The molecule has 13 heteroatoms. The van der Waals surface area contributed by atoms with Gasteiger partial charge in [0, 0.05) is 30.1 Å². The summed E-state index contributed by atoms with van der Waals surface area (Å²) in [6.45, 7) is 4.26. The number of aromatic nitrogens is 5. The van der Waals surface area contributed by atoms with E-state index in [1.165, 1.54) is 4.80 Å². The summed E-state index contributed by atoms with van der Waals surface area (Å²) in [5.74, 6) is -0.446. The number of nitrogens with zero attached hydrogens (tertiary/aromatic N) is 5. The number of carbonyl (C=O) groups excluding carboxylic acids is 2. The van der Waals surface area contributed by atoms with Crippen LogP contribution in [-0.2, 0) is 24.8 Å². The lowest BCUT2D eigenvalue weighted by Crippen LogP contribution is -2.39. The number of primary amides is 1. The van der Waals surface area contributed by atoms with Gasteiger partial charge in [0.2, 0.25) is 11.7 Å². The van der Waals surface area contributed by atoms with E-state index in [1.807, 2.05) is 36.6 Å². The van der Waals surface area contributed by atoms with E-state index in [9.17, 15) is 22.8 Å². The summed E-state index contributed by atoms with van der Waals surface area (Å²) in [5, 5.41) is 14.8. The Labute approximate surface area is 223 Å². The smallest absolute Gasteiger partial charge is 0.391 e. The van der Waals surface area contributed by atoms with Crippen LogP contribution in [0.1, 0.15) is 54.7 Å². The van der Waals surface area contributed by atoms with Crippen molar-refractivity contribution in [1.29, 1.82) is 0 Å². The molecule has 1 aromatic carbocycles. The third-order valence-electron chi connectivity index (χ3n) is 6.39. The van der Waals surface area contributed by atoms with Gasteiger partial charge in [-0.25, -0.2) is 0 Å². The number of fused-ring (bicyclic) bond motifs is 3. The van der Waals surface area contributed by atoms with Gasteiger partial charge in [-0.1, -0.05) is 11.6 Å². The maximum Gasteiger partial charge on any atom is 0.391 e. The van der Waals surface area contributed by atoms with Gasteiger partial charge in [0.05, 0.1) is 31.8 Å². The minimum absolute atomic E-state index is 0.216. The average molecular weight is 546 g/mol. The van der Waals surface area contributed by atoms with Crippen molar-refractivity contribution in [2.45, 2.75) is 58.3 Å². The first-order valence-corrected chi connectivity index (χ1v) is 12.4. The van der Waals surface area contributed by atoms with Gasteiger partial charge < -0.3 is 20.4 Å². The van der Waals surface area contributed by atoms with Gasteiger partial charge in [-0.3, -0.25) is 9.59 Å². The van der Waals surface area contributed by atoms with E-state index in [0.717, 1.165) is 28.0 Å². The lowest BCUT2D eigenvalue weighted by atomic mass is 9.93. The Balaban J connectivity index is 1.79. The first-order chi connectivity index (χ1) is 18.4. The normalized spacial score (nSPS) is 13.3. The van der Waals surface area contributed by atoms with Crippen molar-refractivity contribution in [2.75, 3.05) is 7.11 Å². The van der Waals surface area contributed by atoms with E-state index in [-0.39, 0.29) is 18.5 Å². The first-order valence-electron chi connectivity index (χ1n) is 12.4. The molecule has 3 aromatic rings. The number of rotatable bonds is 9. The number of benzene rings is 1. The third kappa shape index (κ3) is 6.29. The molecule has 208 valence electrons. The number of halogens is 3. The highest BCUT2D eigenvalue weighted by molar-refractivity contribution is 5.97. The molecule has 1 aliphatic heterocycles. The molecular weight excluding hydrogens is 515 g/mol. The zero-order chi connectivity index (χ0) is 28.5. The van der Waals surface area contributed by atoms with Crippen LogP contribution >= 0.6 is 0 Å². The predicted molar refractivity (Wildman–Crippen MR) is 138 cm³/mol. The maximum absolute atomic E-state index is 13.4. The number of nitrogens with two attached hydrogens (primary N) is 1. The van der Waals surface area contributed by atoms with Crippen molar-refractivity contribution in [2.24, 2.45) is 12.8 Å². The second-order valence-electron chi connectivity index (χ2n) is 9.76. The van der Waals surface area contributed by atoms with Gasteiger partial charge in [-0.15, -0.1) is 10.2 Å². The number of nitrogens with one attached hydrogen (secondary N) is 1. The summed E-state index contributed by atoms with van der Waals surface area (Å²) < 4.78 is 47.0. The zero-order valence-electron chi connectivity index (χ0n) is 22.1. The van der Waals surface area contributed by atoms with Crippen LogP contribution in [0.25, 0.3) is 28.7 Å². The van der Waals surface area contributed by atoms with Crippen molar-refractivity contribution in [1.82, 2.24) is 30.1 Å². The number of ether oxygens (including phenoxy) is 1. The molecule has 2 amide bonds. The summed E-state index contributed by atoms with van der Waals surface area (Å²) in [5.41, 5.74) is 10.3. The van der Waals surface area contributed by atoms with Crippen molar-refractivity contribution < 1.29 is 27.5 Å². The van der Waals surface area contributed by atoms with E-state index in [4.69, 9.17) is 10.5 Å². The van der Waals surface area contributed by atoms with Crippen LogP contribution in [0.5, 0.6) is 5.75 Å². The molecule has 3 N–H and O–H groups in total. The molecule has 1 atom stereocenters. The van der Waals surface area contributed by atoms with Crippen LogP contribution in [0.2, 0.25) is 0 Å². The molecule has 0 fully saturated rings. The van der Waals surface area contributed by atoms with Crippen LogP contribution in [0.4, 0.5) is 13.2 Å². The number of tetrazole rings is 1. The van der Waals surface area contributed by atoms with Gasteiger partial charge in [-0.05, 0) is 55.7 Å². The summed E-state index contributed by atoms with van der Waals surface area (Å²) in [4.78, 5) is 25.9.